The summed E-state index contributed by atoms with van der Waals surface area (Å²) in [5.74, 6) is -0.210. The Hall–Kier alpha value is -1.14. The number of halogens is 1. The Labute approximate surface area is 106 Å². The standard InChI is InChI=1S/C12H17FN2O2S/c1-8(9-3-2-4-9)15-18(16,17)10-5-6-11(13)12(14)7-10/h5-9,15H,2-4,14H2,1H3. The zero-order valence-electron chi connectivity index (χ0n) is 10.2. The minimum absolute atomic E-state index is 0.00701. The minimum Gasteiger partial charge on any atom is -0.396 e. The first kappa shape index (κ1) is 13.3. The summed E-state index contributed by atoms with van der Waals surface area (Å²) in [4.78, 5) is 0.00701. The Kier molecular flexibility index (Phi) is 3.59. The SMILES string of the molecule is CC(NS(=O)(=O)c1ccc(F)c(N)c1)C1CCC1. The van der Waals surface area contributed by atoms with Crippen molar-refractivity contribution in [2.45, 2.75) is 37.1 Å². The van der Waals surface area contributed by atoms with Gasteiger partial charge in [0.25, 0.3) is 0 Å². The number of anilines is 1. The smallest absolute Gasteiger partial charge is 0.240 e. The molecule has 0 radical (unpaired) electrons. The van der Waals surface area contributed by atoms with Gasteiger partial charge in [-0.15, -0.1) is 0 Å². The Bertz CT molecular complexity index is 541. The van der Waals surface area contributed by atoms with Crippen LogP contribution in [0.3, 0.4) is 0 Å². The zero-order valence-corrected chi connectivity index (χ0v) is 11.0. The van der Waals surface area contributed by atoms with E-state index in [9.17, 15) is 12.8 Å². The number of nitrogens with one attached hydrogen (secondary N) is 1. The van der Waals surface area contributed by atoms with Gasteiger partial charge in [-0.3, -0.25) is 0 Å². The van der Waals surface area contributed by atoms with Gasteiger partial charge in [0.05, 0.1) is 10.6 Å². The van der Waals surface area contributed by atoms with Crippen molar-refractivity contribution in [3.05, 3.63) is 24.0 Å². The topological polar surface area (TPSA) is 72.2 Å². The molecule has 3 N–H and O–H groups in total. The molecule has 100 valence electrons. The lowest BCUT2D eigenvalue weighted by Gasteiger charge is -2.31. The van der Waals surface area contributed by atoms with Crippen molar-refractivity contribution in [3.63, 3.8) is 0 Å². The second-order valence-corrected chi connectivity index (χ2v) is 6.50. The first-order chi connectivity index (χ1) is 8.40. The molecule has 6 heteroatoms. The van der Waals surface area contributed by atoms with Crippen LogP contribution in [0, 0.1) is 11.7 Å². The molecule has 0 heterocycles. The predicted molar refractivity (Wildman–Crippen MR) is 67.9 cm³/mol. The predicted octanol–water partition coefficient (Wildman–Crippen LogP) is 1.87. The number of sulfonamides is 1. The van der Waals surface area contributed by atoms with Crippen LogP contribution in [-0.4, -0.2) is 14.5 Å². The van der Waals surface area contributed by atoms with E-state index in [1.54, 1.807) is 0 Å². The molecule has 2 rings (SSSR count). The summed E-state index contributed by atoms with van der Waals surface area (Å²) in [5.41, 5.74) is 5.22. The molecule has 0 saturated heterocycles. The quantitative estimate of drug-likeness (QED) is 0.822. The van der Waals surface area contributed by atoms with Crippen LogP contribution in [0.25, 0.3) is 0 Å². The number of nitrogens with two attached hydrogens (primary N) is 1. The van der Waals surface area contributed by atoms with Gasteiger partial charge < -0.3 is 5.73 Å². The molecule has 1 aliphatic rings. The molecule has 1 fully saturated rings. The number of rotatable bonds is 4. The van der Waals surface area contributed by atoms with Gasteiger partial charge in [-0.1, -0.05) is 6.42 Å². The molecular formula is C12H17FN2O2S. The van der Waals surface area contributed by atoms with E-state index in [1.807, 2.05) is 6.92 Å². The van der Waals surface area contributed by atoms with Gasteiger partial charge >= 0.3 is 0 Å². The highest BCUT2D eigenvalue weighted by molar-refractivity contribution is 7.89. The van der Waals surface area contributed by atoms with E-state index in [0.717, 1.165) is 31.4 Å². The van der Waals surface area contributed by atoms with Gasteiger partial charge in [0, 0.05) is 6.04 Å². The molecule has 1 saturated carbocycles. The van der Waals surface area contributed by atoms with Crippen molar-refractivity contribution < 1.29 is 12.8 Å². The maximum absolute atomic E-state index is 13.0. The molecule has 1 unspecified atom stereocenters. The summed E-state index contributed by atoms with van der Waals surface area (Å²) in [5, 5.41) is 0. The number of nitrogen functional groups attached to an aromatic ring is 1. The molecule has 0 spiro atoms. The van der Waals surface area contributed by atoms with E-state index >= 15 is 0 Å². The monoisotopic (exact) mass is 272 g/mol. The van der Waals surface area contributed by atoms with Crippen molar-refractivity contribution in [1.29, 1.82) is 0 Å². The minimum atomic E-state index is -3.62. The van der Waals surface area contributed by atoms with Crippen molar-refractivity contribution in [2.24, 2.45) is 5.92 Å². The Morgan fingerprint density at radius 3 is 2.61 bits per heavy atom. The average Bonchev–Trinajstić information content (AvgIpc) is 2.18. The lowest BCUT2D eigenvalue weighted by molar-refractivity contribution is 0.260. The second kappa shape index (κ2) is 4.85. The average molecular weight is 272 g/mol. The van der Waals surface area contributed by atoms with Crippen molar-refractivity contribution in [3.8, 4) is 0 Å². The van der Waals surface area contributed by atoms with E-state index < -0.39 is 15.8 Å². The maximum Gasteiger partial charge on any atom is 0.240 e. The summed E-state index contributed by atoms with van der Waals surface area (Å²) in [6.07, 6.45) is 3.25. The maximum atomic E-state index is 13.0. The summed E-state index contributed by atoms with van der Waals surface area (Å²) < 4.78 is 39.7. The molecule has 0 bridgehead atoms. The number of hydrogen-bond acceptors (Lipinski definition) is 3. The van der Waals surface area contributed by atoms with Crippen molar-refractivity contribution >= 4 is 15.7 Å². The Morgan fingerprint density at radius 2 is 2.11 bits per heavy atom. The summed E-state index contributed by atoms with van der Waals surface area (Å²) >= 11 is 0. The fourth-order valence-electron chi connectivity index (χ4n) is 2.04. The number of benzene rings is 1. The summed E-state index contributed by atoms with van der Waals surface area (Å²) in [6.45, 7) is 1.86. The zero-order chi connectivity index (χ0) is 13.3. The molecule has 1 aliphatic carbocycles. The molecular weight excluding hydrogens is 255 g/mol. The van der Waals surface area contributed by atoms with Crippen LogP contribution in [-0.2, 0) is 10.0 Å². The Morgan fingerprint density at radius 1 is 1.44 bits per heavy atom. The lowest BCUT2D eigenvalue weighted by Crippen LogP contribution is -2.40. The third-order valence-electron chi connectivity index (χ3n) is 3.48. The highest BCUT2D eigenvalue weighted by Gasteiger charge is 2.28. The van der Waals surface area contributed by atoms with Gasteiger partial charge in [0.2, 0.25) is 10.0 Å². The molecule has 0 aromatic heterocycles. The van der Waals surface area contributed by atoms with E-state index in [1.165, 1.54) is 6.07 Å². The Balaban J connectivity index is 2.16. The fraction of sp³-hybridized carbons (Fsp3) is 0.500. The molecule has 18 heavy (non-hydrogen) atoms. The van der Waals surface area contributed by atoms with E-state index in [4.69, 9.17) is 5.73 Å². The molecule has 1 aromatic carbocycles. The summed E-state index contributed by atoms with van der Waals surface area (Å²) in [7, 11) is -3.62. The molecule has 1 aromatic rings. The molecule has 0 aliphatic heterocycles. The third-order valence-corrected chi connectivity index (χ3v) is 5.03. The van der Waals surface area contributed by atoms with Gasteiger partial charge in [0.1, 0.15) is 5.82 Å². The van der Waals surface area contributed by atoms with Crippen LogP contribution < -0.4 is 10.5 Å². The lowest BCUT2D eigenvalue weighted by atomic mass is 9.81. The fourth-order valence-corrected chi connectivity index (χ4v) is 3.39. The third kappa shape index (κ3) is 2.64. The highest BCUT2D eigenvalue weighted by atomic mass is 32.2. The first-order valence-corrected chi connectivity index (χ1v) is 7.46. The van der Waals surface area contributed by atoms with Crippen molar-refractivity contribution in [1.82, 2.24) is 4.72 Å². The van der Waals surface area contributed by atoms with Gasteiger partial charge in [-0.25, -0.2) is 17.5 Å². The van der Waals surface area contributed by atoms with Gasteiger partial charge in [-0.05, 0) is 43.9 Å². The van der Waals surface area contributed by atoms with E-state index in [-0.39, 0.29) is 16.6 Å². The van der Waals surface area contributed by atoms with E-state index in [0.29, 0.717) is 5.92 Å². The van der Waals surface area contributed by atoms with Crippen molar-refractivity contribution in [2.75, 3.05) is 5.73 Å². The van der Waals surface area contributed by atoms with Gasteiger partial charge in [0.15, 0.2) is 0 Å². The molecule has 0 amide bonds. The first-order valence-electron chi connectivity index (χ1n) is 5.97. The van der Waals surface area contributed by atoms with Crippen LogP contribution in [0.4, 0.5) is 10.1 Å². The highest BCUT2D eigenvalue weighted by Crippen LogP contribution is 2.30. The second-order valence-electron chi connectivity index (χ2n) is 4.78. The molecule has 1 atom stereocenters. The normalized spacial score (nSPS) is 18.3. The van der Waals surface area contributed by atoms with Gasteiger partial charge in [-0.2, -0.15) is 0 Å². The van der Waals surface area contributed by atoms with E-state index in [2.05, 4.69) is 4.72 Å². The van der Waals surface area contributed by atoms with Crippen LogP contribution in [0.2, 0.25) is 0 Å². The number of hydrogen-bond donors (Lipinski definition) is 2. The largest absolute Gasteiger partial charge is 0.396 e. The molecule has 4 nitrogen and oxygen atoms in total. The van der Waals surface area contributed by atoms with Crippen LogP contribution in [0.5, 0.6) is 0 Å². The van der Waals surface area contributed by atoms with Crippen LogP contribution in [0.1, 0.15) is 26.2 Å². The van der Waals surface area contributed by atoms with Crippen LogP contribution >= 0.6 is 0 Å². The summed E-state index contributed by atoms with van der Waals surface area (Å²) in [6, 6.07) is 3.33. The van der Waals surface area contributed by atoms with Crippen LogP contribution in [0.15, 0.2) is 23.1 Å².